The van der Waals surface area contributed by atoms with Crippen LogP contribution in [0.2, 0.25) is 0 Å². The molecule has 6 aliphatic rings. The molecule has 0 aromatic carbocycles. The number of Topliss-reactive ketones (excluding diaryl/α,β-unsaturated/α-hetero) is 1. The number of amides is 5. The van der Waals surface area contributed by atoms with Gasteiger partial charge in [0, 0.05) is 71.3 Å². The van der Waals surface area contributed by atoms with Crippen LogP contribution >= 0.6 is 19.6 Å². The maximum absolute atomic E-state index is 13.3. The molecule has 27 atom stereocenters. The molecule has 0 spiro atoms. The molecule has 0 aliphatic carbocycles. The number of aliphatic hydroxyl groups excluding tert-OH is 12. The number of aromatic nitrogens is 2. The number of ketones is 1. The van der Waals surface area contributed by atoms with Crippen molar-refractivity contribution in [3.63, 3.8) is 0 Å². The van der Waals surface area contributed by atoms with Gasteiger partial charge >= 0.3 is 19.5 Å². The molecule has 6 aliphatic heterocycles. The summed E-state index contributed by atoms with van der Waals surface area (Å²) >= 11 is 1.06. The van der Waals surface area contributed by atoms with Crippen LogP contribution in [0, 0.1) is 5.92 Å². The zero-order valence-corrected chi connectivity index (χ0v) is 56.4. The number of carboxylic acids is 1. The highest BCUT2D eigenvalue weighted by molar-refractivity contribution is 8.00. The van der Waals surface area contributed by atoms with Crippen molar-refractivity contribution in [2.24, 2.45) is 5.92 Å². The predicted octanol–water partition coefficient (Wildman–Crippen LogP) is -11.0. The summed E-state index contributed by atoms with van der Waals surface area (Å²) in [5, 5.41) is 145. The minimum Gasteiger partial charge on any atom is -0.477 e. The van der Waals surface area contributed by atoms with Crippen LogP contribution < -0.4 is 27.4 Å². The molecule has 5 amide bonds. The number of nitrogens with two attached hydrogens (primary N) is 1. The number of likely N-dealkylation sites (tertiary alicyclic amines) is 1. The standard InChI is InChI=1S/C56H84N7O38PS/c1-22(68)60-34-37(77)44(96-51-42(82)38(78)45(89-2)52(99-51)91-20-66)27(18-65)95-49(34)97-46-39(79)41(81)50(98-53(46)92-21-67)90-11-8-58-31(72)5-3-9-62-33(74)14-29(47(62)83)103-12-4-6-32(73)59-16-23(69)13-24-25(70)15-56(54(84)85,100-43(24)35(75)26(71)17-64)101-102(87,88)93-19-28-36(76)40(80)48(94-28)63-10-7-30(57)61-55(63)86/h7,10,20-21,24-29,34-46,48-53,64-65,70-71,75-82H,3-6,8-9,11-19H2,1-2H3,(H,58,72)(H,59,73)(H,60,68)(H,84,85)(H,87,88)(H2,57,61,86)/t24-,25-,26-,27?,28-,29?,34?,35-,36+,37-,38-,39-,40?,41?,42?,43?,44-,45+,46+,48-,49-,50-,51-,52?,53?,56-/m1/s1. The fourth-order valence-electron chi connectivity index (χ4n) is 11.8. The van der Waals surface area contributed by atoms with Gasteiger partial charge in [0.1, 0.15) is 91.2 Å². The van der Waals surface area contributed by atoms with E-state index in [4.69, 9.17) is 66.9 Å². The van der Waals surface area contributed by atoms with E-state index in [2.05, 4.69) is 20.9 Å². The maximum atomic E-state index is 13.3. The Morgan fingerprint density at radius 2 is 1.46 bits per heavy atom. The summed E-state index contributed by atoms with van der Waals surface area (Å²) in [6.07, 6.45) is -42.7. The zero-order chi connectivity index (χ0) is 75.9. The van der Waals surface area contributed by atoms with E-state index in [-0.39, 0.29) is 69.7 Å². The van der Waals surface area contributed by atoms with E-state index in [9.17, 15) is 124 Å². The second-order valence-corrected chi connectivity index (χ2v) is 26.9. The number of carboxylic acid groups (broad SMARTS) is 1. The van der Waals surface area contributed by atoms with Crippen molar-refractivity contribution in [2.75, 3.05) is 64.7 Å². The van der Waals surface area contributed by atoms with Gasteiger partial charge < -0.3 is 145 Å². The Bertz CT molecular complexity index is 3190. The van der Waals surface area contributed by atoms with E-state index < -0.39 is 259 Å². The number of carbonyl (C=O) groups is 9. The molecule has 6 saturated heterocycles. The number of aliphatic hydroxyl groups is 12. The Balaban J connectivity index is 0.803. The van der Waals surface area contributed by atoms with E-state index in [0.717, 1.165) is 47.5 Å². The van der Waals surface area contributed by atoms with Gasteiger partial charge in [0.2, 0.25) is 42.1 Å². The normalized spacial score (nSPS) is 35.8. The number of thioether (sulfide) groups is 1. The lowest BCUT2D eigenvalue weighted by molar-refractivity contribution is -0.389. The molecule has 0 bridgehead atoms. The molecule has 7 rings (SSSR count). The first-order chi connectivity index (χ1) is 48.7. The first kappa shape index (κ1) is 84.2. The average molecular weight is 1530 g/mol. The highest BCUT2D eigenvalue weighted by atomic mass is 32.2. The number of hydrogen-bond acceptors (Lipinski definition) is 39. The molecule has 0 saturated carbocycles. The molecule has 103 heavy (non-hydrogen) atoms. The summed E-state index contributed by atoms with van der Waals surface area (Å²) in [6, 6.07) is -0.518. The SMILES string of the molecule is CO[C@@H]1C(OC=O)O[C@@H](O[C@@H]2C(CO)O[C@H](O[C@@H]3C(OC=O)O[C@@H](OCCNC(=O)CCCN4C(=O)CC(SCCCC(=O)NCC(=O)C[C@H]5C([C@H](O)[C@H](O)CO)O[C@](OP(=O)(O)OC[C@H]6O[C@@H](n7ccc(N)nc7=O)C(O)[C@H]6O)(C(=O)O)C[C@H]5O)C4=O)C(O)[C@H]3O)C(NC(C)=O)[C@H]2O)C(O)[C@H]1O. The number of imide groups is 1. The summed E-state index contributed by atoms with van der Waals surface area (Å²) in [5.74, 6) is -11.3. The number of nitrogens with zero attached hydrogens (tertiary/aromatic N) is 3. The fourth-order valence-corrected chi connectivity index (χ4v) is 13.9. The van der Waals surface area contributed by atoms with Gasteiger partial charge in [-0.1, -0.05) is 0 Å². The number of phosphoric ester groups is 1. The van der Waals surface area contributed by atoms with E-state index in [1.165, 1.54) is 0 Å². The Labute approximate surface area is 586 Å². The molecule has 0 radical (unpaired) electrons. The minimum absolute atomic E-state index is 0.00599. The van der Waals surface area contributed by atoms with Crippen LogP contribution in [-0.2, 0) is 109 Å². The Morgan fingerprint density at radius 3 is 2.10 bits per heavy atom. The zero-order valence-electron chi connectivity index (χ0n) is 54.7. The fraction of sp³-hybridized carbons (Fsp3) is 0.768. The first-order valence-corrected chi connectivity index (χ1v) is 34.3. The smallest absolute Gasteiger partial charge is 0.475 e. The monoisotopic (exact) mass is 1530 g/mol. The Kier molecular flexibility index (Phi) is 31.0. The van der Waals surface area contributed by atoms with Gasteiger partial charge in [0.05, 0.1) is 50.4 Å². The van der Waals surface area contributed by atoms with Crippen molar-refractivity contribution >= 4 is 79.6 Å². The predicted molar refractivity (Wildman–Crippen MR) is 327 cm³/mol. The van der Waals surface area contributed by atoms with Crippen molar-refractivity contribution in [2.45, 2.75) is 204 Å². The summed E-state index contributed by atoms with van der Waals surface area (Å²) in [5.41, 5.74) is 4.47. The van der Waals surface area contributed by atoms with Gasteiger partial charge in [-0.3, -0.25) is 52.3 Å². The highest BCUT2D eigenvalue weighted by Gasteiger charge is 2.60. The third kappa shape index (κ3) is 21.2. The van der Waals surface area contributed by atoms with E-state index in [1.54, 1.807) is 0 Å². The number of anilines is 1. The number of nitrogen functional groups attached to an aromatic ring is 1. The molecule has 7 heterocycles. The van der Waals surface area contributed by atoms with Gasteiger partial charge in [-0.25, -0.2) is 18.7 Å². The van der Waals surface area contributed by atoms with Crippen molar-refractivity contribution < 1.29 is 180 Å². The Hall–Kier alpha value is -6.07. The van der Waals surface area contributed by atoms with Crippen LogP contribution in [0.1, 0.15) is 58.1 Å². The lowest BCUT2D eigenvalue weighted by Crippen LogP contribution is -2.69. The molecule has 1 aromatic rings. The number of phosphoric acid groups is 1. The number of methoxy groups -OCH3 is 1. The lowest BCUT2D eigenvalue weighted by Gasteiger charge is -2.49. The van der Waals surface area contributed by atoms with Gasteiger partial charge in [-0.2, -0.15) is 4.98 Å². The Morgan fingerprint density at radius 1 is 0.816 bits per heavy atom. The van der Waals surface area contributed by atoms with Crippen LogP contribution in [0.4, 0.5) is 5.82 Å². The molecule has 6 fully saturated rings. The largest absolute Gasteiger partial charge is 0.477 e. The molecule has 1 aromatic heterocycles. The van der Waals surface area contributed by atoms with Crippen molar-refractivity contribution in [1.82, 2.24) is 30.4 Å². The van der Waals surface area contributed by atoms with Crippen LogP contribution in [0.5, 0.6) is 0 Å². The van der Waals surface area contributed by atoms with Crippen LogP contribution in [0.25, 0.3) is 0 Å². The number of hydrogen-bond donors (Lipinski definition) is 18. The van der Waals surface area contributed by atoms with Crippen LogP contribution in [0.3, 0.4) is 0 Å². The van der Waals surface area contributed by atoms with E-state index in [1.807, 2.05) is 0 Å². The molecule has 19 N–H and O–H groups in total. The van der Waals surface area contributed by atoms with Crippen LogP contribution in [-0.4, -0.2) is 345 Å². The minimum atomic E-state index is -5.73. The van der Waals surface area contributed by atoms with E-state index >= 15 is 0 Å². The summed E-state index contributed by atoms with van der Waals surface area (Å²) in [7, 11) is -4.61. The van der Waals surface area contributed by atoms with Crippen LogP contribution in [0.15, 0.2) is 17.1 Å². The van der Waals surface area contributed by atoms with Gasteiger partial charge in [-0.15, -0.1) is 11.8 Å². The third-order valence-electron chi connectivity index (χ3n) is 17.1. The maximum Gasteiger partial charge on any atom is 0.475 e. The second-order valence-electron chi connectivity index (χ2n) is 24.2. The highest BCUT2D eigenvalue weighted by Crippen LogP contribution is 2.52. The molecule has 45 nitrogen and oxygen atoms in total. The topological polar surface area (TPSA) is 674 Å². The van der Waals surface area contributed by atoms with E-state index in [0.29, 0.717) is 0 Å². The first-order valence-electron chi connectivity index (χ1n) is 31.7. The number of nitrogens with one attached hydrogen (secondary N) is 3. The number of ether oxygens (including phenoxy) is 11. The molecular weight excluding hydrogens is 1440 g/mol. The molecule has 582 valence electrons. The number of rotatable bonds is 38. The van der Waals surface area contributed by atoms with Crippen molar-refractivity contribution in [3.8, 4) is 0 Å². The van der Waals surface area contributed by atoms with Gasteiger partial charge in [-0.05, 0) is 24.7 Å². The average Bonchev–Trinajstić information content (AvgIpc) is 0.890. The lowest BCUT2D eigenvalue weighted by atomic mass is 9.80. The summed E-state index contributed by atoms with van der Waals surface area (Å²) in [6.45, 7) is -3.93. The van der Waals surface area contributed by atoms with Gasteiger partial charge in [0.25, 0.3) is 18.7 Å². The quantitative estimate of drug-likeness (QED) is 0.0127. The number of aliphatic carboxylic acids is 1. The molecule has 10 unspecified atom stereocenters. The second kappa shape index (κ2) is 37.9. The van der Waals surface area contributed by atoms with Crippen molar-refractivity contribution in [3.05, 3.63) is 22.7 Å². The summed E-state index contributed by atoms with van der Waals surface area (Å²) in [4.78, 5) is 140. The molecule has 47 heteroatoms. The third-order valence-corrected chi connectivity index (χ3v) is 19.4. The molecular formula is C56H84N7O38PS. The number of carbonyl (C=O) groups excluding carboxylic acids is 8. The van der Waals surface area contributed by atoms with Crippen molar-refractivity contribution in [1.29, 1.82) is 0 Å². The summed E-state index contributed by atoms with van der Waals surface area (Å²) < 4.78 is 83.4. The van der Waals surface area contributed by atoms with Gasteiger partial charge in [0.15, 0.2) is 37.0 Å².